The van der Waals surface area contributed by atoms with Crippen LogP contribution in [0.4, 0.5) is 0 Å². The zero-order chi connectivity index (χ0) is 16.1. The predicted octanol–water partition coefficient (Wildman–Crippen LogP) is 1.96. The Balaban J connectivity index is 1.56. The molecule has 0 spiro atoms. The summed E-state index contributed by atoms with van der Waals surface area (Å²) in [5.74, 6) is 0.180. The molecule has 1 unspecified atom stereocenters. The topological polar surface area (TPSA) is 81.1 Å². The number of piperidine rings is 1. The highest BCUT2D eigenvalue weighted by Crippen LogP contribution is 2.19. The molecule has 0 N–H and O–H groups in total. The highest BCUT2D eigenvalue weighted by Gasteiger charge is 2.25. The Kier molecular flexibility index (Phi) is 5.12. The van der Waals surface area contributed by atoms with Crippen molar-refractivity contribution >= 4 is 21.8 Å². The van der Waals surface area contributed by atoms with Crippen molar-refractivity contribution in [3.8, 4) is 6.01 Å². The number of aromatic nitrogens is 4. The Morgan fingerprint density at radius 1 is 1.26 bits per heavy atom. The van der Waals surface area contributed by atoms with Crippen LogP contribution in [-0.2, 0) is 0 Å². The van der Waals surface area contributed by atoms with E-state index >= 15 is 0 Å². The van der Waals surface area contributed by atoms with Gasteiger partial charge in [0.05, 0.1) is 17.3 Å². The van der Waals surface area contributed by atoms with Crippen LogP contribution in [0, 0.1) is 5.92 Å². The van der Waals surface area contributed by atoms with Crippen molar-refractivity contribution in [2.24, 2.45) is 5.92 Å². The minimum atomic E-state index is -0.0808. The molecule has 2 aromatic heterocycles. The van der Waals surface area contributed by atoms with Crippen LogP contribution in [0.25, 0.3) is 0 Å². The Hall–Kier alpha value is -2.09. The van der Waals surface area contributed by atoms with Crippen molar-refractivity contribution in [2.45, 2.75) is 12.8 Å². The van der Waals surface area contributed by atoms with Crippen LogP contribution >= 0.6 is 15.9 Å². The maximum absolute atomic E-state index is 12.4. The molecule has 1 aliphatic rings. The molecule has 1 amide bonds. The van der Waals surface area contributed by atoms with Gasteiger partial charge < -0.3 is 9.64 Å². The van der Waals surface area contributed by atoms with Gasteiger partial charge in [0.25, 0.3) is 5.91 Å². The number of ether oxygens (including phenoxy) is 1. The number of carbonyl (C=O) groups excluding carboxylic acids is 1. The van der Waals surface area contributed by atoms with E-state index in [0.717, 1.165) is 23.9 Å². The molecule has 2 aromatic rings. The fourth-order valence-corrected chi connectivity index (χ4v) is 2.73. The van der Waals surface area contributed by atoms with E-state index in [-0.39, 0.29) is 11.8 Å². The monoisotopic (exact) mass is 377 g/mol. The summed E-state index contributed by atoms with van der Waals surface area (Å²) in [5.41, 5.74) is 0.380. The van der Waals surface area contributed by atoms with Gasteiger partial charge in [0.2, 0.25) is 0 Å². The molecule has 120 valence electrons. The zero-order valence-corrected chi connectivity index (χ0v) is 14.0. The van der Waals surface area contributed by atoms with E-state index in [0.29, 0.717) is 24.9 Å². The molecular weight excluding hydrogens is 362 g/mol. The summed E-state index contributed by atoms with van der Waals surface area (Å²) in [6.45, 7) is 1.87. The van der Waals surface area contributed by atoms with Crippen molar-refractivity contribution in [2.75, 3.05) is 19.7 Å². The first-order valence-corrected chi connectivity index (χ1v) is 8.17. The van der Waals surface area contributed by atoms with E-state index in [1.165, 1.54) is 12.4 Å². The smallest absolute Gasteiger partial charge is 0.316 e. The second-order valence-electron chi connectivity index (χ2n) is 5.34. The van der Waals surface area contributed by atoms with Gasteiger partial charge in [-0.3, -0.25) is 9.78 Å². The van der Waals surface area contributed by atoms with Crippen LogP contribution in [-0.4, -0.2) is 50.4 Å². The van der Waals surface area contributed by atoms with Crippen molar-refractivity contribution in [3.05, 3.63) is 41.2 Å². The molecule has 1 aliphatic heterocycles. The summed E-state index contributed by atoms with van der Waals surface area (Å²) in [6.07, 6.45) is 9.84. The Bertz CT molecular complexity index is 653. The summed E-state index contributed by atoms with van der Waals surface area (Å²) in [6, 6.07) is 0.352. The van der Waals surface area contributed by atoms with Crippen molar-refractivity contribution in [1.29, 1.82) is 0 Å². The average molecular weight is 378 g/mol. The van der Waals surface area contributed by atoms with Crippen LogP contribution in [0.15, 0.2) is 35.5 Å². The molecule has 0 radical (unpaired) electrons. The maximum Gasteiger partial charge on any atom is 0.316 e. The molecule has 1 fully saturated rings. The maximum atomic E-state index is 12.4. The summed E-state index contributed by atoms with van der Waals surface area (Å²) in [4.78, 5) is 30.4. The van der Waals surface area contributed by atoms with Gasteiger partial charge in [-0.05, 0) is 28.8 Å². The standard InChI is InChI=1S/C15H16BrN5O2/c16-12-6-19-15(20-7-12)23-10-11-2-1-5-21(9-11)14(22)13-8-17-3-4-18-13/h3-4,6-8,11H,1-2,5,9-10H2. The van der Waals surface area contributed by atoms with E-state index in [9.17, 15) is 4.79 Å². The normalized spacial score (nSPS) is 17.8. The van der Waals surface area contributed by atoms with E-state index in [1.54, 1.807) is 18.6 Å². The highest BCUT2D eigenvalue weighted by atomic mass is 79.9. The van der Waals surface area contributed by atoms with Gasteiger partial charge in [0.15, 0.2) is 0 Å². The molecule has 0 bridgehead atoms. The number of halogens is 1. The van der Waals surface area contributed by atoms with Crippen LogP contribution in [0.1, 0.15) is 23.3 Å². The zero-order valence-electron chi connectivity index (χ0n) is 12.4. The molecule has 0 aliphatic carbocycles. The fraction of sp³-hybridized carbons (Fsp3) is 0.400. The number of hydrogen-bond donors (Lipinski definition) is 0. The first-order chi connectivity index (χ1) is 11.2. The largest absolute Gasteiger partial charge is 0.463 e. The minimum Gasteiger partial charge on any atom is -0.463 e. The van der Waals surface area contributed by atoms with Crippen LogP contribution in [0.3, 0.4) is 0 Å². The quantitative estimate of drug-likeness (QED) is 0.809. The summed E-state index contributed by atoms with van der Waals surface area (Å²) >= 11 is 3.28. The summed E-state index contributed by atoms with van der Waals surface area (Å²) in [7, 11) is 0. The Morgan fingerprint density at radius 2 is 2.09 bits per heavy atom. The van der Waals surface area contributed by atoms with Gasteiger partial charge in [0.1, 0.15) is 5.69 Å². The third-order valence-electron chi connectivity index (χ3n) is 3.63. The minimum absolute atomic E-state index is 0.0808. The molecule has 1 atom stereocenters. The lowest BCUT2D eigenvalue weighted by Crippen LogP contribution is -2.42. The van der Waals surface area contributed by atoms with Gasteiger partial charge in [-0.15, -0.1) is 0 Å². The molecule has 1 saturated heterocycles. The van der Waals surface area contributed by atoms with Gasteiger partial charge in [-0.25, -0.2) is 15.0 Å². The molecule has 0 aromatic carbocycles. The van der Waals surface area contributed by atoms with E-state index in [4.69, 9.17) is 4.74 Å². The Morgan fingerprint density at radius 3 is 2.83 bits per heavy atom. The lowest BCUT2D eigenvalue weighted by atomic mass is 9.99. The molecule has 3 heterocycles. The number of likely N-dealkylation sites (tertiary alicyclic amines) is 1. The first-order valence-electron chi connectivity index (χ1n) is 7.38. The average Bonchev–Trinajstić information content (AvgIpc) is 2.61. The molecule has 7 nitrogen and oxygen atoms in total. The fourth-order valence-electron chi connectivity index (χ4n) is 2.52. The molecule has 3 rings (SSSR count). The van der Waals surface area contributed by atoms with Crippen LogP contribution in [0.2, 0.25) is 0 Å². The van der Waals surface area contributed by atoms with Crippen molar-refractivity contribution in [1.82, 2.24) is 24.8 Å². The summed E-state index contributed by atoms with van der Waals surface area (Å²) in [5, 5.41) is 0. The number of nitrogens with zero attached hydrogens (tertiary/aromatic N) is 5. The molecule has 0 saturated carbocycles. The second kappa shape index (κ2) is 7.45. The number of hydrogen-bond acceptors (Lipinski definition) is 6. The van der Waals surface area contributed by atoms with Crippen molar-refractivity contribution < 1.29 is 9.53 Å². The highest BCUT2D eigenvalue weighted by molar-refractivity contribution is 9.10. The van der Waals surface area contributed by atoms with Gasteiger partial charge in [0, 0.05) is 43.8 Å². The first kappa shape index (κ1) is 15.8. The second-order valence-corrected chi connectivity index (χ2v) is 6.26. The molecular formula is C15H16BrN5O2. The van der Waals surface area contributed by atoms with Crippen molar-refractivity contribution in [3.63, 3.8) is 0 Å². The SMILES string of the molecule is O=C(c1cnccn1)N1CCCC(COc2ncc(Br)cn2)C1. The van der Waals surface area contributed by atoms with Gasteiger partial charge in [-0.1, -0.05) is 0 Å². The van der Waals surface area contributed by atoms with Gasteiger partial charge in [-0.2, -0.15) is 0 Å². The third kappa shape index (κ3) is 4.22. The summed E-state index contributed by atoms with van der Waals surface area (Å²) < 4.78 is 6.43. The number of amides is 1. The van der Waals surface area contributed by atoms with Crippen LogP contribution in [0.5, 0.6) is 6.01 Å². The van der Waals surface area contributed by atoms with E-state index < -0.39 is 0 Å². The predicted molar refractivity (Wildman–Crippen MR) is 85.9 cm³/mol. The van der Waals surface area contributed by atoms with E-state index in [1.807, 2.05) is 4.90 Å². The molecule has 23 heavy (non-hydrogen) atoms. The lowest BCUT2D eigenvalue weighted by molar-refractivity contribution is 0.0622. The number of carbonyl (C=O) groups is 1. The lowest BCUT2D eigenvalue weighted by Gasteiger charge is -2.32. The van der Waals surface area contributed by atoms with Crippen LogP contribution < -0.4 is 4.74 Å². The van der Waals surface area contributed by atoms with Gasteiger partial charge >= 0.3 is 6.01 Å². The Labute approximate surface area is 142 Å². The molecule has 8 heteroatoms. The third-order valence-corrected chi connectivity index (χ3v) is 4.04. The number of rotatable bonds is 4. The van der Waals surface area contributed by atoms with E-state index in [2.05, 4.69) is 35.9 Å².